The predicted octanol–water partition coefficient (Wildman–Crippen LogP) is 6.94. The highest BCUT2D eigenvalue weighted by molar-refractivity contribution is 7.44. The van der Waals surface area contributed by atoms with Gasteiger partial charge >= 0.3 is 0 Å². The first-order valence-corrected chi connectivity index (χ1v) is 21.2. The van der Waals surface area contributed by atoms with Gasteiger partial charge in [-0.15, -0.1) is 0 Å². The van der Waals surface area contributed by atoms with Crippen LogP contribution in [0.5, 0.6) is 11.5 Å². The molecule has 3 heterocycles. The number of imidazole rings is 1. The Morgan fingerprint density at radius 2 is 1.54 bits per heavy atom. The van der Waals surface area contributed by atoms with Crippen LogP contribution >= 0.6 is 8.53 Å². The van der Waals surface area contributed by atoms with E-state index in [2.05, 4.69) is 58.4 Å². The number of rotatable bonds is 20. The van der Waals surface area contributed by atoms with Gasteiger partial charge in [-0.1, -0.05) is 54.6 Å². The number of nitrogens with zero attached hydrogens (tertiary/aromatic N) is 7. The van der Waals surface area contributed by atoms with Gasteiger partial charge in [0.1, 0.15) is 35.4 Å². The zero-order valence-electron chi connectivity index (χ0n) is 36.1. The molecule has 0 bridgehead atoms. The van der Waals surface area contributed by atoms with E-state index in [-0.39, 0.29) is 48.8 Å². The molecule has 17 heteroatoms. The number of ether oxygens (including phenoxy) is 5. The van der Waals surface area contributed by atoms with Crippen LogP contribution in [0, 0.1) is 11.3 Å². The molecule has 1 aliphatic heterocycles. The molecule has 1 unspecified atom stereocenters. The lowest BCUT2D eigenvalue weighted by atomic mass is 9.80. The van der Waals surface area contributed by atoms with E-state index in [0.717, 1.165) is 16.7 Å². The van der Waals surface area contributed by atoms with Crippen LogP contribution < -0.4 is 15.0 Å². The van der Waals surface area contributed by atoms with Crippen molar-refractivity contribution in [2.45, 2.75) is 76.3 Å². The predicted molar refractivity (Wildman–Crippen MR) is 233 cm³/mol. The highest BCUT2D eigenvalue weighted by Crippen LogP contribution is 2.51. The van der Waals surface area contributed by atoms with E-state index in [4.69, 9.17) is 32.7 Å². The van der Waals surface area contributed by atoms with E-state index < -0.39 is 44.2 Å². The van der Waals surface area contributed by atoms with Gasteiger partial charge in [0.25, 0.3) is 14.1 Å². The minimum absolute atomic E-state index is 0.0161. The summed E-state index contributed by atoms with van der Waals surface area (Å²) in [5.74, 6) is 1.48. The summed E-state index contributed by atoms with van der Waals surface area (Å²) >= 11 is 0. The molecule has 0 spiro atoms. The van der Waals surface area contributed by atoms with Crippen molar-refractivity contribution >= 4 is 32.0 Å². The zero-order chi connectivity index (χ0) is 43.7. The lowest BCUT2D eigenvalue weighted by Gasteiger charge is -2.39. The minimum atomic E-state index is -1.78. The molecule has 5 atom stereocenters. The van der Waals surface area contributed by atoms with Crippen LogP contribution in [0.4, 0.5) is 5.95 Å². The maximum Gasteiger partial charge on any atom is 0.280 e. The van der Waals surface area contributed by atoms with Crippen molar-refractivity contribution in [1.29, 1.82) is 5.26 Å². The molecule has 0 radical (unpaired) electrons. The molecule has 324 valence electrons. The Morgan fingerprint density at radius 3 is 2.08 bits per heavy atom. The quantitative estimate of drug-likeness (QED) is 0.0281. The van der Waals surface area contributed by atoms with E-state index >= 15 is 0 Å². The van der Waals surface area contributed by atoms with Crippen molar-refractivity contribution < 1.29 is 32.7 Å². The molecule has 0 amide bonds. The van der Waals surface area contributed by atoms with E-state index in [1.807, 2.05) is 93.0 Å². The van der Waals surface area contributed by atoms with Gasteiger partial charge in [0, 0.05) is 33.3 Å². The number of nitrogens with one attached hydrogen (secondary N) is 1. The van der Waals surface area contributed by atoms with Crippen molar-refractivity contribution in [2.75, 3.05) is 48.6 Å². The summed E-state index contributed by atoms with van der Waals surface area (Å²) in [4.78, 5) is 31.2. The van der Waals surface area contributed by atoms with Crippen LogP contribution in [0.2, 0.25) is 0 Å². The van der Waals surface area contributed by atoms with E-state index in [9.17, 15) is 10.1 Å². The van der Waals surface area contributed by atoms with Gasteiger partial charge in [-0.2, -0.15) is 10.2 Å². The maximum atomic E-state index is 13.3. The number of aromatic amines is 1. The van der Waals surface area contributed by atoms with Gasteiger partial charge in [0.15, 0.2) is 17.4 Å². The third kappa shape index (κ3) is 9.95. The second kappa shape index (κ2) is 20.5. The Balaban J connectivity index is 1.50. The monoisotopic (exact) mass is 854 g/mol. The van der Waals surface area contributed by atoms with Gasteiger partial charge in [-0.25, -0.2) is 14.6 Å². The minimum Gasteiger partial charge on any atom is -0.497 e. The van der Waals surface area contributed by atoms with Gasteiger partial charge in [-0.05, 0) is 68.7 Å². The van der Waals surface area contributed by atoms with Crippen molar-refractivity contribution in [2.24, 2.45) is 4.99 Å². The summed E-state index contributed by atoms with van der Waals surface area (Å²) in [6, 6.07) is 27.8. The Kier molecular flexibility index (Phi) is 15.3. The van der Waals surface area contributed by atoms with Crippen LogP contribution in [0.15, 0.2) is 95.0 Å². The molecule has 61 heavy (non-hydrogen) atoms. The van der Waals surface area contributed by atoms with Gasteiger partial charge in [-0.3, -0.25) is 14.3 Å². The van der Waals surface area contributed by atoms with Crippen LogP contribution in [-0.2, 0) is 28.9 Å². The summed E-state index contributed by atoms with van der Waals surface area (Å²) in [7, 11) is 6.69. The third-order valence-corrected chi connectivity index (χ3v) is 12.3. The Hall–Kier alpha value is -5.24. The summed E-state index contributed by atoms with van der Waals surface area (Å²) in [5, 5.41) is 9.46. The molecule has 2 aromatic heterocycles. The summed E-state index contributed by atoms with van der Waals surface area (Å²) in [6.45, 7) is 8.44. The summed E-state index contributed by atoms with van der Waals surface area (Å²) < 4.78 is 49.1. The first-order valence-electron chi connectivity index (χ1n) is 20.0. The number of H-pyrrole nitrogens is 1. The molecule has 6 rings (SSSR count). The van der Waals surface area contributed by atoms with Crippen LogP contribution in [0.3, 0.4) is 0 Å². The number of benzene rings is 3. The summed E-state index contributed by atoms with van der Waals surface area (Å²) in [5.41, 5.74) is 1.25. The van der Waals surface area contributed by atoms with Crippen molar-refractivity contribution in [3.05, 3.63) is 112 Å². The lowest BCUT2D eigenvalue weighted by molar-refractivity contribution is -0.0938. The molecule has 1 aliphatic rings. The third-order valence-electron chi connectivity index (χ3n) is 10.2. The second-order valence-corrected chi connectivity index (χ2v) is 16.5. The molecule has 1 N–H and O–H groups in total. The smallest absolute Gasteiger partial charge is 0.280 e. The Morgan fingerprint density at radius 1 is 0.934 bits per heavy atom. The van der Waals surface area contributed by atoms with Crippen molar-refractivity contribution in [3.8, 4) is 17.6 Å². The lowest BCUT2D eigenvalue weighted by Crippen LogP contribution is -2.42. The highest BCUT2D eigenvalue weighted by Gasteiger charge is 2.51. The van der Waals surface area contributed by atoms with E-state index in [1.54, 1.807) is 37.1 Å². The number of fused-ring (bicyclic) bond motifs is 1. The zero-order valence-corrected chi connectivity index (χ0v) is 37.0. The molecular formula is C44H55N8O8P. The number of nitriles is 1. The highest BCUT2D eigenvalue weighted by atomic mass is 31.2. The van der Waals surface area contributed by atoms with Gasteiger partial charge in [0.2, 0.25) is 5.95 Å². The van der Waals surface area contributed by atoms with E-state index in [1.165, 1.54) is 6.33 Å². The SMILES string of the molecule is COc1ccc(C(OC[C@H]2O[C@@H](n3cnc4c(=O)[nH]c(/N=C\N(C)C)nc43)[C@H](OC)[C@@H]2OP(OCCC#N)N(C(C)C)C(C)C)(c2ccccc2)c2ccc(OC)cc2)cc1. The first-order chi connectivity index (χ1) is 29.4. The topological polar surface area (TPSA) is 171 Å². The average molecular weight is 855 g/mol. The fourth-order valence-electron chi connectivity index (χ4n) is 7.46. The molecular weight excluding hydrogens is 800 g/mol. The number of hydrogen-bond acceptors (Lipinski definition) is 13. The van der Waals surface area contributed by atoms with Crippen molar-refractivity contribution in [1.82, 2.24) is 29.1 Å². The fraction of sp³-hybridized carbons (Fsp3) is 0.432. The Bertz CT molecular complexity index is 2240. The first kappa shape index (κ1) is 45.3. The van der Waals surface area contributed by atoms with Crippen LogP contribution in [-0.4, -0.2) is 114 Å². The molecule has 0 saturated carbocycles. The van der Waals surface area contributed by atoms with Crippen LogP contribution in [0.25, 0.3) is 11.2 Å². The summed E-state index contributed by atoms with van der Waals surface area (Å²) in [6.07, 6.45) is -0.0727. The number of aliphatic imine (C=N–C) groups is 1. The number of aromatic nitrogens is 4. The number of hydrogen-bond donors (Lipinski definition) is 1. The van der Waals surface area contributed by atoms with E-state index in [0.29, 0.717) is 11.5 Å². The molecule has 1 saturated heterocycles. The van der Waals surface area contributed by atoms with Crippen LogP contribution in [0.1, 0.15) is 57.0 Å². The van der Waals surface area contributed by atoms with Crippen molar-refractivity contribution in [3.63, 3.8) is 0 Å². The normalized spacial score (nSPS) is 18.7. The largest absolute Gasteiger partial charge is 0.497 e. The number of methoxy groups -OCH3 is 3. The molecule has 1 fully saturated rings. The molecule has 0 aliphatic carbocycles. The second-order valence-electron chi connectivity index (χ2n) is 15.1. The maximum absolute atomic E-state index is 13.3. The Labute approximate surface area is 358 Å². The molecule has 3 aromatic carbocycles. The average Bonchev–Trinajstić information content (AvgIpc) is 3.84. The standard InChI is InChI=1S/C44H55N8O8P/c1-29(2)52(30(3)4)61(58-25-13-24-45)60-38-36(59-42(39(38)56-9)51-28-46-37-40(51)48-43(49-41(37)53)47-27-50(5)6)26-57-44(31-14-11-10-12-15-31,32-16-20-34(54-7)21-17-32)33-18-22-35(55-8)23-19-33/h10-12,14-23,27-30,36,38-39,42H,13,25-26H2,1-9H3,(H,48,49,53)/b47-27-/t36-,38-,39-,42-,61?/m1/s1. The van der Waals surface area contributed by atoms with Gasteiger partial charge < -0.3 is 37.6 Å². The van der Waals surface area contributed by atoms with Gasteiger partial charge in [0.05, 0.1) is 52.6 Å². The molecule has 5 aromatic rings. The molecule has 16 nitrogen and oxygen atoms in total. The fourth-order valence-corrected chi connectivity index (χ4v) is 9.22.